The second kappa shape index (κ2) is 10.6. The molecule has 0 amide bonds. The van der Waals surface area contributed by atoms with Gasteiger partial charge in [0.2, 0.25) is 10.9 Å². The molecule has 0 saturated carbocycles. The molecule has 9 heteroatoms. The molecule has 32 heavy (non-hydrogen) atoms. The van der Waals surface area contributed by atoms with Crippen molar-refractivity contribution in [2.45, 2.75) is 13.3 Å². The van der Waals surface area contributed by atoms with Crippen molar-refractivity contribution >= 4 is 10.9 Å². The number of nitrogens with one attached hydrogen (secondary N) is 1. The molecule has 1 N–H and O–H groups in total. The topological polar surface area (TPSA) is 110 Å². The molecule has 0 aliphatic heterocycles. The summed E-state index contributed by atoms with van der Waals surface area (Å²) in [6.45, 7) is 2.48. The second-order valence-electron chi connectivity index (χ2n) is 6.92. The zero-order valence-electron chi connectivity index (χ0n) is 17.7. The first-order valence-electron chi connectivity index (χ1n) is 9.94. The first kappa shape index (κ1) is 23.1. The Kier molecular flexibility index (Phi) is 7.65. The van der Waals surface area contributed by atoms with Crippen LogP contribution in [0.5, 0.6) is 17.2 Å². The van der Waals surface area contributed by atoms with Crippen molar-refractivity contribution in [3.8, 4) is 34.4 Å². The number of ether oxygens (including phenoxy) is 2. The Bertz CT molecular complexity index is 1270. The normalized spacial score (nSPS) is 10.7. The van der Waals surface area contributed by atoms with Gasteiger partial charge < -0.3 is 14.0 Å². The summed E-state index contributed by atoms with van der Waals surface area (Å²) in [7, 11) is -1.01. The van der Waals surface area contributed by atoms with Crippen LogP contribution in [0.3, 0.4) is 0 Å². The fourth-order valence-corrected chi connectivity index (χ4v) is 3.43. The van der Waals surface area contributed by atoms with Gasteiger partial charge in [0.05, 0.1) is 18.2 Å². The lowest BCUT2D eigenvalue weighted by Gasteiger charge is -2.17. The van der Waals surface area contributed by atoms with Gasteiger partial charge in [-0.25, -0.2) is 13.1 Å². The van der Waals surface area contributed by atoms with Crippen LogP contribution in [0.15, 0.2) is 59.5 Å². The van der Waals surface area contributed by atoms with E-state index in [1.807, 2.05) is 19.1 Å². The van der Waals surface area contributed by atoms with Gasteiger partial charge >= 0.3 is 0 Å². The molecule has 0 unspecified atom stereocenters. The highest BCUT2D eigenvalue weighted by atomic mass is 32.2. The lowest BCUT2D eigenvalue weighted by molar-refractivity contribution is 0.340. The Morgan fingerprint density at radius 1 is 1.06 bits per heavy atom. The van der Waals surface area contributed by atoms with Crippen LogP contribution >= 0.6 is 0 Å². The van der Waals surface area contributed by atoms with E-state index in [9.17, 15) is 13.2 Å². The highest BCUT2D eigenvalue weighted by Crippen LogP contribution is 2.38. The number of nitrogens with zero attached hydrogens (tertiary/aromatic N) is 2. The van der Waals surface area contributed by atoms with Gasteiger partial charge in [0, 0.05) is 37.0 Å². The molecule has 0 spiro atoms. The number of nitriles is 1. The number of hydrogen-bond acceptors (Lipinski definition) is 6. The molecular formula is C23H23N3O5S. The van der Waals surface area contributed by atoms with Crippen molar-refractivity contribution in [1.29, 1.82) is 5.26 Å². The van der Waals surface area contributed by atoms with Crippen molar-refractivity contribution in [2.24, 2.45) is 7.05 Å². The highest BCUT2D eigenvalue weighted by molar-refractivity contribution is 7.70. The maximum absolute atomic E-state index is 12.2. The van der Waals surface area contributed by atoms with Crippen LogP contribution in [0.4, 0.5) is 0 Å². The van der Waals surface area contributed by atoms with Crippen molar-refractivity contribution in [3.63, 3.8) is 0 Å². The van der Waals surface area contributed by atoms with Crippen LogP contribution in [-0.2, 0) is 24.4 Å². The Hall–Kier alpha value is -3.61. The third kappa shape index (κ3) is 5.75. The van der Waals surface area contributed by atoms with E-state index >= 15 is 0 Å². The van der Waals surface area contributed by atoms with Gasteiger partial charge in [0.1, 0.15) is 17.2 Å². The Morgan fingerprint density at radius 3 is 2.47 bits per heavy atom. The average molecular weight is 454 g/mol. The lowest BCUT2D eigenvalue weighted by atomic mass is 10.0. The van der Waals surface area contributed by atoms with Gasteiger partial charge in [-0.1, -0.05) is 6.07 Å². The number of rotatable bonds is 9. The van der Waals surface area contributed by atoms with E-state index in [1.54, 1.807) is 43.6 Å². The molecule has 3 aromatic rings. The van der Waals surface area contributed by atoms with Crippen molar-refractivity contribution < 1.29 is 17.9 Å². The smallest absolute Gasteiger partial charge is 0.254 e. The maximum atomic E-state index is 12.2. The van der Waals surface area contributed by atoms with Crippen LogP contribution < -0.4 is 19.8 Å². The monoisotopic (exact) mass is 453 g/mol. The van der Waals surface area contributed by atoms with Crippen LogP contribution in [0.25, 0.3) is 11.1 Å². The molecule has 1 heterocycles. The van der Waals surface area contributed by atoms with Gasteiger partial charge in [-0.2, -0.15) is 5.26 Å². The Morgan fingerprint density at radius 2 is 1.81 bits per heavy atom. The minimum atomic E-state index is -2.67. The van der Waals surface area contributed by atoms with Crippen LogP contribution in [0.1, 0.15) is 18.1 Å². The van der Waals surface area contributed by atoms with Crippen molar-refractivity contribution in [2.75, 3.05) is 13.2 Å². The predicted octanol–water partition coefficient (Wildman–Crippen LogP) is 2.77. The van der Waals surface area contributed by atoms with Crippen LogP contribution in [0, 0.1) is 11.3 Å². The Balaban J connectivity index is 2.08. The zero-order valence-corrected chi connectivity index (χ0v) is 18.6. The summed E-state index contributed by atoms with van der Waals surface area (Å²) in [6, 6.07) is 15.8. The molecule has 8 nitrogen and oxygen atoms in total. The lowest BCUT2D eigenvalue weighted by Crippen LogP contribution is -2.16. The van der Waals surface area contributed by atoms with Gasteiger partial charge in [0.25, 0.3) is 5.56 Å². The van der Waals surface area contributed by atoms with E-state index in [0.717, 1.165) is 5.56 Å². The molecule has 0 saturated heterocycles. The number of pyridine rings is 1. The third-order valence-electron chi connectivity index (χ3n) is 4.69. The maximum Gasteiger partial charge on any atom is 0.254 e. The van der Waals surface area contributed by atoms with Gasteiger partial charge in [0.15, 0.2) is 0 Å². The first-order valence-corrected chi connectivity index (χ1v) is 11.1. The molecule has 3 rings (SSSR count). The molecule has 0 aliphatic rings. The van der Waals surface area contributed by atoms with E-state index in [4.69, 9.17) is 14.7 Å². The van der Waals surface area contributed by atoms with Gasteiger partial charge in [-0.15, -0.1) is 0 Å². The van der Waals surface area contributed by atoms with E-state index < -0.39 is 10.9 Å². The molecule has 166 valence electrons. The number of benzene rings is 2. The fourth-order valence-electron chi connectivity index (χ4n) is 3.14. The summed E-state index contributed by atoms with van der Waals surface area (Å²) >= 11 is 0. The van der Waals surface area contributed by atoms with E-state index in [-0.39, 0.29) is 12.1 Å². The largest absolute Gasteiger partial charge is 0.493 e. The second-order valence-corrected chi connectivity index (χ2v) is 7.75. The molecule has 0 radical (unpaired) electrons. The van der Waals surface area contributed by atoms with Crippen molar-refractivity contribution in [3.05, 3.63) is 76.2 Å². The minimum absolute atomic E-state index is 0.202. The van der Waals surface area contributed by atoms with Crippen LogP contribution in [-0.4, -0.2) is 26.1 Å². The summed E-state index contributed by atoms with van der Waals surface area (Å²) in [5.41, 5.74) is 2.56. The molecule has 0 bridgehead atoms. The SMILES string of the molecule is CCOc1cc(=O)n(C)cc1-c1cc(CCN[SH](=O)=O)ccc1Oc1ccc(C#N)cc1. The quantitative estimate of drug-likeness (QED) is 0.482. The number of hydrogen-bond donors (Lipinski definition) is 2. The number of aromatic nitrogens is 1. The van der Waals surface area contributed by atoms with E-state index in [1.165, 1.54) is 10.6 Å². The predicted molar refractivity (Wildman–Crippen MR) is 122 cm³/mol. The fraction of sp³-hybridized carbons (Fsp3) is 0.217. The summed E-state index contributed by atoms with van der Waals surface area (Å²) in [6.07, 6.45) is 2.16. The molecule has 0 aliphatic carbocycles. The zero-order chi connectivity index (χ0) is 23.1. The van der Waals surface area contributed by atoms with Gasteiger partial charge in [-0.05, 0) is 55.3 Å². The molecular weight excluding hydrogens is 430 g/mol. The van der Waals surface area contributed by atoms with Crippen LogP contribution in [0.2, 0.25) is 0 Å². The van der Waals surface area contributed by atoms with Gasteiger partial charge in [-0.3, -0.25) is 4.79 Å². The highest BCUT2D eigenvalue weighted by Gasteiger charge is 2.16. The van der Waals surface area contributed by atoms with E-state index in [0.29, 0.717) is 47.0 Å². The first-order chi connectivity index (χ1) is 15.4. The molecule has 1 aromatic heterocycles. The minimum Gasteiger partial charge on any atom is -0.493 e. The third-order valence-corrected chi connectivity index (χ3v) is 5.17. The summed E-state index contributed by atoms with van der Waals surface area (Å²) in [5.74, 6) is 1.50. The summed E-state index contributed by atoms with van der Waals surface area (Å²) in [4.78, 5) is 12.2. The summed E-state index contributed by atoms with van der Waals surface area (Å²) in [5, 5.41) is 9.00. The molecule has 0 atom stereocenters. The standard InChI is InChI=1S/C23H23N3O5S/c1-3-30-22-13-23(27)26(2)15-20(22)19-12-16(10-11-25-32(28)29)6-9-21(19)31-18-7-4-17(14-24)5-8-18/h4-9,12-13,15,32H,3,10-11H2,1-2H3,(H,25,28,29). The Labute approximate surface area is 187 Å². The number of thiol groups is 1. The number of aryl methyl sites for hydroxylation is 1. The van der Waals surface area contributed by atoms with Crippen molar-refractivity contribution in [1.82, 2.24) is 9.29 Å². The van der Waals surface area contributed by atoms with E-state index in [2.05, 4.69) is 10.8 Å². The summed E-state index contributed by atoms with van der Waals surface area (Å²) < 4.78 is 37.3. The average Bonchev–Trinajstić information content (AvgIpc) is 2.77. The molecule has 2 aromatic carbocycles. The molecule has 0 fully saturated rings.